The van der Waals surface area contributed by atoms with Gasteiger partial charge in [-0.25, -0.2) is 0 Å². The average Bonchev–Trinajstić information content (AvgIpc) is 2.21. The molecule has 5 heteroatoms. The molecule has 0 amide bonds. The summed E-state index contributed by atoms with van der Waals surface area (Å²) in [4.78, 5) is 1.33. The molecule has 16 heavy (non-hydrogen) atoms. The number of aliphatic hydroxyl groups is 1. The molecule has 1 atom stereocenters. The maximum Gasteiger partial charge on any atom is 0.416 e. The maximum absolute atomic E-state index is 12.7. The smallest absolute Gasteiger partial charge is 0.369 e. The van der Waals surface area contributed by atoms with Gasteiger partial charge in [-0.1, -0.05) is 12.1 Å². The first-order valence-electron chi connectivity index (χ1n) is 4.69. The van der Waals surface area contributed by atoms with E-state index in [-0.39, 0.29) is 5.56 Å². The van der Waals surface area contributed by atoms with Crippen molar-refractivity contribution in [2.24, 2.45) is 0 Å². The Kier molecular flexibility index (Phi) is 2.42. The van der Waals surface area contributed by atoms with E-state index in [9.17, 15) is 18.3 Å². The van der Waals surface area contributed by atoms with Crippen LogP contribution in [0.2, 0.25) is 0 Å². The lowest BCUT2D eigenvalue weighted by molar-refractivity contribution is -0.140. The van der Waals surface area contributed by atoms with Crippen molar-refractivity contribution in [3.05, 3.63) is 41.1 Å². The lowest BCUT2D eigenvalue weighted by Crippen LogP contribution is -2.25. The second-order valence-corrected chi connectivity index (χ2v) is 3.66. The Hall–Kier alpha value is -1.49. The number of hydrogen-bond acceptors (Lipinski definition) is 2. The fourth-order valence-corrected chi connectivity index (χ4v) is 1.75. The van der Waals surface area contributed by atoms with Crippen LogP contribution in [-0.4, -0.2) is 17.1 Å². The Morgan fingerprint density at radius 2 is 2.00 bits per heavy atom. The quantitative estimate of drug-likeness (QED) is 0.739. The Balaban J connectivity index is 2.63. The highest BCUT2D eigenvalue weighted by molar-refractivity contribution is 5.59. The van der Waals surface area contributed by atoms with Gasteiger partial charge in [-0.15, -0.1) is 0 Å². The van der Waals surface area contributed by atoms with Gasteiger partial charge >= 0.3 is 6.18 Å². The summed E-state index contributed by atoms with van der Waals surface area (Å²) >= 11 is 0. The van der Waals surface area contributed by atoms with Crippen LogP contribution < -0.4 is 0 Å². The number of halogens is 3. The Bertz CT molecular complexity index is 439. The minimum Gasteiger partial charge on any atom is -0.369 e. The standard InChI is InChI=1S/C11H10F3NO/c1-15-6-5-7-3-2-4-8(11(12,13)14)9(7)10(15)16/h2-6,10,16H,1H3. The van der Waals surface area contributed by atoms with Crippen molar-refractivity contribution in [1.82, 2.24) is 4.90 Å². The van der Waals surface area contributed by atoms with E-state index in [1.54, 1.807) is 18.3 Å². The van der Waals surface area contributed by atoms with Gasteiger partial charge in [0.1, 0.15) is 0 Å². The summed E-state index contributed by atoms with van der Waals surface area (Å²) in [6.07, 6.45) is -2.60. The summed E-state index contributed by atoms with van der Waals surface area (Å²) in [5, 5.41) is 9.75. The molecular weight excluding hydrogens is 219 g/mol. The number of fused-ring (bicyclic) bond motifs is 1. The van der Waals surface area contributed by atoms with Gasteiger partial charge in [0.15, 0.2) is 6.23 Å². The number of benzene rings is 1. The van der Waals surface area contributed by atoms with Crippen molar-refractivity contribution in [3.8, 4) is 0 Å². The van der Waals surface area contributed by atoms with Crippen LogP contribution in [0.15, 0.2) is 24.4 Å². The molecular formula is C11H10F3NO. The second kappa shape index (κ2) is 3.52. The van der Waals surface area contributed by atoms with Crippen LogP contribution in [0.25, 0.3) is 6.08 Å². The highest BCUT2D eigenvalue weighted by Crippen LogP contribution is 2.39. The molecule has 0 aliphatic carbocycles. The van der Waals surface area contributed by atoms with Crippen LogP contribution in [0, 0.1) is 0 Å². The van der Waals surface area contributed by atoms with E-state index < -0.39 is 18.0 Å². The molecule has 0 radical (unpaired) electrons. The lowest BCUT2D eigenvalue weighted by Gasteiger charge is -2.29. The molecule has 1 aromatic rings. The van der Waals surface area contributed by atoms with Crippen LogP contribution in [0.5, 0.6) is 0 Å². The molecule has 1 unspecified atom stereocenters. The number of rotatable bonds is 0. The van der Waals surface area contributed by atoms with Crippen LogP contribution in [-0.2, 0) is 6.18 Å². The Morgan fingerprint density at radius 1 is 1.31 bits per heavy atom. The third kappa shape index (κ3) is 1.67. The van der Waals surface area contributed by atoms with Gasteiger partial charge in [0, 0.05) is 18.8 Å². The molecule has 0 aromatic heterocycles. The minimum atomic E-state index is -4.45. The first-order chi connectivity index (χ1) is 7.41. The van der Waals surface area contributed by atoms with Gasteiger partial charge < -0.3 is 10.0 Å². The summed E-state index contributed by atoms with van der Waals surface area (Å²) in [6, 6.07) is 3.87. The zero-order valence-electron chi connectivity index (χ0n) is 8.49. The van der Waals surface area contributed by atoms with E-state index >= 15 is 0 Å². The van der Waals surface area contributed by atoms with Gasteiger partial charge in [0.25, 0.3) is 0 Å². The van der Waals surface area contributed by atoms with E-state index in [0.717, 1.165) is 6.07 Å². The first-order valence-corrected chi connectivity index (χ1v) is 4.69. The molecule has 0 spiro atoms. The molecule has 0 fully saturated rings. The summed E-state index contributed by atoms with van der Waals surface area (Å²) in [5.74, 6) is 0. The highest BCUT2D eigenvalue weighted by Gasteiger charge is 2.37. The molecule has 0 bridgehead atoms. The van der Waals surface area contributed by atoms with Crippen LogP contribution in [0.4, 0.5) is 13.2 Å². The average molecular weight is 229 g/mol. The number of alkyl halides is 3. The van der Waals surface area contributed by atoms with E-state index in [1.807, 2.05) is 0 Å². The monoisotopic (exact) mass is 229 g/mol. The van der Waals surface area contributed by atoms with E-state index in [2.05, 4.69) is 0 Å². The Morgan fingerprint density at radius 3 is 2.62 bits per heavy atom. The first kappa shape index (κ1) is 11.0. The molecule has 2 rings (SSSR count). The SMILES string of the molecule is CN1C=Cc2cccc(C(F)(F)F)c2C1O. The molecule has 1 aromatic carbocycles. The van der Waals surface area contributed by atoms with Crippen molar-refractivity contribution >= 4 is 6.08 Å². The molecule has 1 heterocycles. The number of aliphatic hydroxyl groups excluding tert-OH is 1. The second-order valence-electron chi connectivity index (χ2n) is 3.66. The maximum atomic E-state index is 12.7. The summed E-state index contributed by atoms with van der Waals surface area (Å²) in [7, 11) is 1.53. The van der Waals surface area contributed by atoms with Crippen molar-refractivity contribution < 1.29 is 18.3 Å². The largest absolute Gasteiger partial charge is 0.416 e. The lowest BCUT2D eigenvalue weighted by atomic mass is 9.96. The van der Waals surface area contributed by atoms with Crippen LogP contribution in [0.3, 0.4) is 0 Å². The molecule has 2 nitrogen and oxygen atoms in total. The van der Waals surface area contributed by atoms with E-state index in [4.69, 9.17) is 0 Å². The molecule has 1 N–H and O–H groups in total. The third-order valence-corrected chi connectivity index (χ3v) is 2.58. The summed E-state index contributed by atoms with van der Waals surface area (Å²) in [5.41, 5.74) is -0.464. The van der Waals surface area contributed by atoms with Crippen molar-refractivity contribution in [3.63, 3.8) is 0 Å². The third-order valence-electron chi connectivity index (χ3n) is 2.58. The van der Waals surface area contributed by atoms with Crippen molar-refractivity contribution in [2.75, 3.05) is 7.05 Å². The predicted octanol–water partition coefficient (Wildman–Crippen LogP) is 2.61. The number of hydrogen-bond donors (Lipinski definition) is 1. The Labute approximate surface area is 90.6 Å². The molecule has 1 aliphatic heterocycles. The van der Waals surface area contributed by atoms with E-state index in [1.165, 1.54) is 18.0 Å². The molecule has 0 saturated carbocycles. The van der Waals surface area contributed by atoms with Gasteiger partial charge in [0.05, 0.1) is 5.56 Å². The van der Waals surface area contributed by atoms with Gasteiger partial charge in [0.2, 0.25) is 0 Å². The highest BCUT2D eigenvalue weighted by atomic mass is 19.4. The van der Waals surface area contributed by atoms with Crippen LogP contribution in [0.1, 0.15) is 22.9 Å². The van der Waals surface area contributed by atoms with E-state index in [0.29, 0.717) is 5.56 Å². The summed E-state index contributed by atoms with van der Waals surface area (Å²) < 4.78 is 38.2. The fraction of sp³-hybridized carbons (Fsp3) is 0.273. The predicted molar refractivity (Wildman–Crippen MR) is 53.2 cm³/mol. The summed E-state index contributed by atoms with van der Waals surface area (Å²) in [6.45, 7) is 0. The van der Waals surface area contributed by atoms with Gasteiger partial charge in [-0.2, -0.15) is 13.2 Å². The van der Waals surface area contributed by atoms with Gasteiger partial charge in [-0.3, -0.25) is 0 Å². The minimum absolute atomic E-state index is 0.0833. The topological polar surface area (TPSA) is 23.5 Å². The normalized spacial score (nSPS) is 19.8. The molecule has 86 valence electrons. The van der Waals surface area contributed by atoms with Crippen molar-refractivity contribution in [2.45, 2.75) is 12.4 Å². The fourth-order valence-electron chi connectivity index (χ4n) is 1.75. The number of nitrogens with zero attached hydrogens (tertiary/aromatic N) is 1. The zero-order valence-corrected chi connectivity index (χ0v) is 8.49. The zero-order chi connectivity index (χ0) is 11.9. The van der Waals surface area contributed by atoms with Gasteiger partial charge in [-0.05, 0) is 17.7 Å². The molecule has 0 saturated heterocycles. The molecule has 1 aliphatic rings. The van der Waals surface area contributed by atoms with Crippen LogP contribution >= 0.6 is 0 Å². The van der Waals surface area contributed by atoms with Crippen molar-refractivity contribution in [1.29, 1.82) is 0 Å².